The highest BCUT2D eigenvalue weighted by Gasteiger charge is 2.37. The van der Waals surface area contributed by atoms with Crippen molar-refractivity contribution in [1.29, 1.82) is 0 Å². The number of aryl methyl sites for hydroxylation is 3. The van der Waals surface area contributed by atoms with Crippen molar-refractivity contribution >= 4 is 46.4 Å². The molecule has 0 radical (unpaired) electrons. The van der Waals surface area contributed by atoms with Gasteiger partial charge < -0.3 is 10.2 Å². The minimum absolute atomic E-state index is 0.136. The van der Waals surface area contributed by atoms with E-state index in [0.717, 1.165) is 22.4 Å². The molecule has 0 aliphatic carbocycles. The van der Waals surface area contributed by atoms with Gasteiger partial charge in [0.05, 0.1) is 21.7 Å². The van der Waals surface area contributed by atoms with Crippen LogP contribution >= 0.6 is 23.2 Å². The van der Waals surface area contributed by atoms with Gasteiger partial charge in [0.15, 0.2) is 0 Å². The van der Waals surface area contributed by atoms with E-state index in [1.54, 1.807) is 18.2 Å². The molecule has 0 aromatic heterocycles. The van der Waals surface area contributed by atoms with E-state index in [-0.39, 0.29) is 24.8 Å². The molecular formula is C20H20Cl2N2O2. The minimum Gasteiger partial charge on any atom is -0.325 e. The SMILES string of the molecule is Cc1cc(C)c(NC(=O)C2CC(=O)N(c3c(Cl)cccc3Cl)C2)c(C)c1. The fraction of sp³-hybridized carbons (Fsp3) is 0.300. The van der Waals surface area contributed by atoms with Gasteiger partial charge in [-0.15, -0.1) is 0 Å². The minimum atomic E-state index is -0.449. The van der Waals surface area contributed by atoms with Crippen LogP contribution in [0.1, 0.15) is 23.1 Å². The summed E-state index contributed by atoms with van der Waals surface area (Å²) in [4.78, 5) is 26.7. The molecule has 1 atom stereocenters. The summed E-state index contributed by atoms with van der Waals surface area (Å²) in [5.41, 5.74) is 4.44. The fourth-order valence-corrected chi connectivity index (χ4v) is 4.05. The van der Waals surface area contributed by atoms with Crippen molar-refractivity contribution in [3.8, 4) is 0 Å². The third kappa shape index (κ3) is 3.57. The summed E-state index contributed by atoms with van der Waals surface area (Å²) in [6.45, 7) is 6.21. The van der Waals surface area contributed by atoms with Gasteiger partial charge in [0.2, 0.25) is 11.8 Å². The van der Waals surface area contributed by atoms with Crippen molar-refractivity contribution in [2.24, 2.45) is 5.92 Å². The lowest BCUT2D eigenvalue weighted by Gasteiger charge is -2.20. The van der Waals surface area contributed by atoms with Crippen LogP contribution in [0.3, 0.4) is 0 Å². The van der Waals surface area contributed by atoms with E-state index in [9.17, 15) is 9.59 Å². The average Bonchev–Trinajstić information content (AvgIpc) is 2.92. The molecule has 1 N–H and O–H groups in total. The van der Waals surface area contributed by atoms with Crippen LogP contribution in [0.4, 0.5) is 11.4 Å². The number of nitrogens with one attached hydrogen (secondary N) is 1. The second kappa shape index (κ2) is 7.29. The number of carbonyl (C=O) groups excluding carboxylic acids is 2. The zero-order valence-electron chi connectivity index (χ0n) is 14.9. The first-order valence-electron chi connectivity index (χ1n) is 8.41. The van der Waals surface area contributed by atoms with Gasteiger partial charge >= 0.3 is 0 Å². The Bertz CT molecular complexity index is 852. The van der Waals surface area contributed by atoms with Crippen LogP contribution in [0.2, 0.25) is 10.0 Å². The number of anilines is 2. The zero-order chi connectivity index (χ0) is 19.0. The van der Waals surface area contributed by atoms with E-state index in [0.29, 0.717) is 15.7 Å². The van der Waals surface area contributed by atoms with Crippen molar-refractivity contribution in [2.75, 3.05) is 16.8 Å². The van der Waals surface area contributed by atoms with Crippen LogP contribution in [-0.4, -0.2) is 18.4 Å². The molecule has 136 valence electrons. The number of benzene rings is 2. The first kappa shape index (κ1) is 18.7. The molecule has 1 unspecified atom stereocenters. The molecule has 1 heterocycles. The molecule has 4 nitrogen and oxygen atoms in total. The van der Waals surface area contributed by atoms with E-state index < -0.39 is 5.92 Å². The second-order valence-electron chi connectivity index (χ2n) is 6.74. The zero-order valence-corrected chi connectivity index (χ0v) is 16.4. The Morgan fingerprint density at radius 1 is 1.12 bits per heavy atom. The van der Waals surface area contributed by atoms with Gasteiger partial charge in [0.1, 0.15) is 0 Å². The van der Waals surface area contributed by atoms with E-state index in [4.69, 9.17) is 23.2 Å². The van der Waals surface area contributed by atoms with Crippen molar-refractivity contribution in [1.82, 2.24) is 0 Å². The summed E-state index contributed by atoms with van der Waals surface area (Å²) >= 11 is 12.4. The third-order valence-electron chi connectivity index (χ3n) is 4.63. The molecule has 0 saturated carbocycles. The van der Waals surface area contributed by atoms with Crippen LogP contribution in [0.25, 0.3) is 0 Å². The Hall–Kier alpha value is -2.04. The fourth-order valence-electron chi connectivity index (χ4n) is 3.45. The van der Waals surface area contributed by atoms with E-state index in [1.807, 2.05) is 32.9 Å². The summed E-state index contributed by atoms with van der Waals surface area (Å²) in [6, 6.07) is 9.14. The van der Waals surface area contributed by atoms with Gasteiger partial charge in [-0.3, -0.25) is 9.59 Å². The van der Waals surface area contributed by atoms with Crippen LogP contribution in [-0.2, 0) is 9.59 Å². The Labute approximate surface area is 163 Å². The van der Waals surface area contributed by atoms with E-state index in [1.165, 1.54) is 4.90 Å². The molecule has 0 spiro atoms. The van der Waals surface area contributed by atoms with Gasteiger partial charge in [0, 0.05) is 18.7 Å². The maximum atomic E-state index is 12.7. The Morgan fingerprint density at radius 3 is 2.27 bits per heavy atom. The predicted octanol–water partition coefficient (Wildman–Crippen LogP) is 4.91. The first-order chi connectivity index (χ1) is 12.3. The summed E-state index contributed by atoms with van der Waals surface area (Å²) < 4.78 is 0. The molecule has 2 aromatic carbocycles. The molecular weight excluding hydrogens is 371 g/mol. The maximum Gasteiger partial charge on any atom is 0.229 e. The predicted molar refractivity (Wildman–Crippen MR) is 106 cm³/mol. The van der Waals surface area contributed by atoms with Gasteiger partial charge in [-0.1, -0.05) is 47.0 Å². The second-order valence-corrected chi connectivity index (χ2v) is 7.55. The molecule has 1 aliphatic heterocycles. The Balaban J connectivity index is 1.80. The van der Waals surface area contributed by atoms with Crippen molar-refractivity contribution < 1.29 is 9.59 Å². The number of para-hydroxylation sites is 1. The lowest BCUT2D eigenvalue weighted by molar-refractivity contribution is -0.122. The highest BCUT2D eigenvalue weighted by Crippen LogP contribution is 2.37. The summed E-state index contributed by atoms with van der Waals surface area (Å²) in [6.07, 6.45) is 0.136. The number of rotatable bonds is 3. The number of nitrogens with zero attached hydrogens (tertiary/aromatic N) is 1. The molecule has 1 saturated heterocycles. The lowest BCUT2D eigenvalue weighted by Crippen LogP contribution is -2.28. The molecule has 3 rings (SSSR count). The molecule has 6 heteroatoms. The van der Waals surface area contributed by atoms with Gasteiger partial charge in [-0.05, 0) is 44.0 Å². The summed E-state index contributed by atoms with van der Waals surface area (Å²) in [5, 5.41) is 3.79. The van der Waals surface area contributed by atoms with Crippen LogP contribution in [0.15, 0.2) is 30.3 Å². The van der Waals surface area contributed by atoms with Gasteiger partial charge in [0.25, 0.3) is 0 Å². The summed E-state index contributed by atoms with van der Waals surface area (Å²) in [5.74, 6) is -0.772. The normalized spacial score (nSPS) is 16.9. The molecule has 2 amide bonds. The van der Waals surface area contributed by atoms with Crippen molar-refractivity contribution in [3.63, 3.8) is 0 Å². The number of amides is 2. The first-order valence-corrected chi connectivity index (χ1v) is 9.16. The monoisotopic (exact) mass is 390 g/mol. The van der Waals surface area contributed by atoms with E-state index >= 15 is 0 Å². The van der Waals surface area contributed by atoms with Crippen LogP contribution in [0, 0.1) is 26.7 Å². The van der Waals surface area contributed by atoms with Crippen molar-refractivity contribution in [2.45, 2.75) is 27.2 Å². The number of hydrogen-bond donors (Lipinski definition) is 1. The van der Waals surface area contributed by atoms with Gasteiger partial charge in [-0.25, -0.2) is 0 Å². The topological polar surface area (TPSA) is 49.4 Å². The molecule has 1 aliphatic rings. The number of carbonyl (C=O) groups is 2. The van der Waals surface area contributed by atoms with Crippen LogP contribution in [0.5, 0.6) is 0 Å². The van der Waals surface area contributed by atoms with E-state index in [2.05, 4.69) is 5.32 Å². The third-order valence-corrected chi connectivity index (χ3v) is 5.24. The molecule has 0 bridgehead atoms. The van der Waals surface area contributed by atoms with Gasteiger partial charge in [-0.2, -0.15) is 0 Å². The Kier molecular flexibility index (Phi) is 5.26. The Morgan fingerprint density at radius 2 is 1.69 bits per heavy atom. The lowest BCUT2D eigenvalue weighted by atomic mass is 10.0. The summed E-state index contributed by atoms with van der Waals surface area (Å²) in [7, 11) is 0. The number of halogens is 2. The smallest absolute Gasteiger partial charge is 0.229 e. The standard InChI is InChI=1S/C20H20Cl2N2O2/c1-11-7-12(2)18(13(3)8-11)23-20(26)14-9-17(25)24(10-14)19-15(21)5-4-6-16(19)22/h4-8,14H,9-10H2,1-3H3,(H,23,26). The highest BCUT2D eigenvalue weighted by atomic mass is 35.5. The highest BCUT2D eigenvalue weighted by molar-refractivity contribution is 6.40. The molecule has 1 fully saturated rings. The quantitative estimate of drug-likeness (QED) is 0.808. The molecule has 26 heavy (non-hydrogen) atoms. The van der Waals surface area contributed by atoms with Crippen LogP contribution < -0.4 is 10.2 Å². The van der Waals surface area contributed by atoms with Crippen molar-refractivity contribution in [3.05, 3.63) is 57.1 Å². The molecule has 2 aromatic rings. The number of hydrogen-bond acceptors (Lipinski definition) is 2. The average molecular weight is 391 g/mol. The largest absolute Gasteiger partial charge is 0.325 e. The maximum absolute atomic E-state index is 12.7.